The molecular weight excluding hydrogens is 268 g/mol. The number of nitrogens with one attached hydrogen (secondary N) is 3. The number of hydrogen-bond acceptors (Lipinski definition) is 3. The van der Waals surface area contributed by atoms with Crippen LogP contribution in [0.1, 0.15) is 39.0 Å². The molecule has 122 valence electrons. The molecule has 1 aliphatic rings. The number of methoxy groups -OCH3 is 1. The minimum absolute atomic E-state index is 0.0546. The van der Waals surface area contributed by atoms with Gasteiger partial charge in [0, 0.05) is 27.2 Å². The summed E-state index contributed by atoms with van der Waals surface area (Å²) in [6.07, 6.45) is 6.40. The number of amides is 1. The van der Waals surface area contributed by atoms with Crippen LogP contribution in [0.3, 0.4) is 0 Å². The highest BCUT2D eigenvalue weighted by Gasteiger charge is 2.31. The van der Waals surface area contributed by atoms with Crippen molar-refractivity contribution in [1.82, 2.24) is 16.0 Å². The van der Waals surface area contributed by atoms with Gasteiger partial charge in [-0.15, -0.1) is 0 Å². The Hall–Kier alpha value is -1.30. The first-order valence-corrected chi connectivity index (χ1v) is 7.86. The van der Waals surface area contributed by atoms with Crippen molar-refractivity contribution in [2.45, 2.75) is 39.0 Å². The van der Waals surface area contributed by atoms with E-state index in [0.717, 1.165) is 6.54 Å². The van der Waals surface area contributed by atoms with Gasteiger partial charge in [-0.2, -0.15) is 0 Å². The average Bonchev–Trinajstić information content (AvgIpc) is 2.97. The number of carbonyl (C=O) groups is 1. The molecular formula is C15H30N4O2. The van der Waals surface area contributed by atoms with Crippen molar-refractivity contribution in [3.8, 4) is 0 Å². The van der Waals surface area contributed by atoms with Gasteiger partial charge < -0.3 is 20.7 Å². The van der Waals surface area contributed by atoms with Gasteiger partial charge in [0.15, 0.2) is 5.96 Å². The number of ether oxygens (including phenoxy) is 1. The second-order valence-electron chi connectivity index (χ2n) is 5.68. The molecule has 3 N–H and O–H groups in total. The van der Waals surface area contributed by atoms with Gasteiger partial charge in [0.05, 0.1) is 13.2 Å². The summed E-state index contributed by atoms with van der Waals surface area (Å²) in [5, 5.41) is 9.18. The van der Waals surface area contributed by atoms with Crippen molar-refractivity contribution in [2.75, 3.05) is 40.4 Å². The third-order valence-electron chi connectivity index (χ3n) is 4.31. The van der Waals surface area contributed by atoms with Crippen LogP contribution in [0.5, 0.6) is 0 Å². The fourth-order valence-corrected chi connectivity index (χ4v) is 2.79. The Morgan fingerprint density at radius 1 is 1.24 bits per heavy atom. The summed E-state index contributed by atoms with van der Waals surface area (Å²) in [4.78, 5) is 15.8. The maximum absolute atomic E-state index is 11.6. The van der Waals surface area contributed by atoms with E-state index in [1.54, 1.807) is 14.2 Å². The standard InChI is InChI=1S/C15H30N4O2/c1-4-15(7-5-6-8-15)12-19-14(16-2)18-11-13(20)17-9-10-21-3/h4-12H2,1-3H3,(H,17,20)(H2,16,18,19). The lowest BCUT2D eigenvalue weighted by atomic mass is 9.83. The van der Waals surface area contributed by atoms with Crippen LogP contribution in [0, 0.1) is 5.41 Å². The Morgan fingerprint density at radius 3 is 2.52 bits per heavy atom. The summed E-state index contributed by atoms with van der Waals surface area (Å²) >= 11 is 0. The maximum atomic E-state index is 11.6. The van der Waals surface area contributed by atoms with Crippen LogP contribution in [0.25, 0.3) is 0 Å². The lowest BCUT2D eigenvalue weighted by Gasteiger charge is -2.28. The monoisotopic (exact) mass is 298 g/mol. The molecule has 0 aromatic rings. The van der Waals surface area contributed by atoms with Gasteiger partial charge in [-0.25, -0.2) is 0 Å². The van der Waals surface area contributed by atoms with Crippen LogP contribution >= 0.6 is 0 Å². The van der Waals surface area contributed by atoms with Crippen LogP contribution in [0.2, 0.25) is 0 Å². The smallest absolute Gasteiger partial charge is 0.239 e. The molecule has 0 unspecified atom stereocenters. The minimum atomic E-state index is -0.0546. The maximum Gasteiger partial charge on any atom is 0.239 e. The molecule has 1 aliphatic carbocycles. The zero-order chi connectivity index (χ0) is 15.6. The molecule has 6 heteroatoms. The van der Waals surface area contributed by atoms with Gasteiger partial charge in [0.2, 0.25) is 5.91 Å². The summed E-state index contributed by atoms with van der Waals surface area (Å²) in [7, 11) is 3.34. The number of guanidine groups is 1. The Kier molecular flexibility index (Phi) is 8.12. The van der Waals surface area contributed by atoms with Gasteiger partial charge in [0.1, 0.15) is 0 Å². The second-order valence-corrected chi connectivity index (χ2v) is 5.68. The molecule has 0 atom stereocenters. The Morgan fingerprint density at radius 2 is 1.95 bits per heavy atom. The molecule has 0 saturated heterocycles. The third kappa shape index (κ3) is 6.33. The van der Waals surface area contributed by atoms with Crippen molar-refractivity contribution in [3.05, 3.63) is 0 Å². The minimum Gasteiger partial charge on any atom is -0.383 e. The van der Waals surface area contributed by atoms with Gasteiger partial charge in [-0.1, -0.05) is 19.8 Å². The zero-order valence-corrected chi connectivity index (χ0v) is 13.6. The quantitative estimate of drug-likeness (QED) is 0.353. The van der Waals surface area contributed by atoms with Gasteiger partial charge in [0.25, 0.3) is 0 Å². The van der Waals surface area contributed by atoms with E-state index in [1.165, 1.54) is 32.1 Å². The van der Waals surface area contributed by atoms with Gasteiger partial charge >= 0.3 is 0 Å². The molecule has 1 fully saturated rings. The molecule has 0 radical (unpaired) electrons. The topological polar surface area (TPSA) is 74.8 Å². The van der Waals surface area contributed by atoms with E-state index in [4.69, 9.17) is 4.74 Å². The molecule has 0 aromatic heterocycles. The number of aliphatic imine (C=N–C) groups is 1. The van der Waals surface area contributed by atoms with Crippen LogP contribution in [-0.2, 0) is 9.53 Å². The molecule has 0 aliphatic heterocycles. The summed E-state index contributed by atoms with van der Waals surface area (Å²) in [5.41, 5.74) is 0.401. The summed E-state index contributed by atoms with van der Waals surface area (Å²) in [6, 6.07) is 0. The Balaban J connectivity index is 2.27. The van der Waals surface area contributed by atoms with Gasteiger partial charge in [-0.05, 0) is 24.7 Å². The van der Waals surface area contributed by atoms with Crippen LogP contribution < -0.4 is 16.0 Å². The largest absolute Gasteiger partial charge is 0.383 e. The predicted octanol–water partition coefficient (Wildman–Crippen LogP) is 0.884. The first-order valence-electron chi connectivity index (χ1n) is 7.86. The molecule has 1 amide bonds. The SMILES string of the molecule is CCC1(CNC(=NC)NCC(=O)NCCOC)CCCC1. The molecule has 1 rings (SSSR count). The number of rotatable bonds is 8. The second kappa shape index (κ2) is 9.60. The van der Waals surface area contributed by atoms with E-state index in [2.05, 4.69) is 27.9 Å². The molecule has 0 spiro atoms. The number of carbonyl (C=O) groups excluding carboxylic acids is 1. The van der Waals surface area contributed by atoms with Gasteiger partial charge in [-0.3, -0.25) is 9.79 Å². The van der Waals surface area contributed by atoms with Crippen molar-refractivity contribution in [3.63, 3.8) is 0 Å². The Labute approximate surface area is 128 Å². The van der Waals surface area contributed by atoms with Crippen LogP contribution in [0.15, 0.2) is 4.99 Å². The van der Waals surface area contributed by atoms with E-state index in [-0.39, 0.29) is 12.5 Å². The normalized spacial score (nSPS) is 17.6. The van der Waals surface area contributed by atoms with E-state index in [9.17, 15) is 4.79 Å². The van der Waals surface area contributed by atoms with E-state index in [1.807, 2.05) is 0 Å². The fourth-order valence-electron chi connectivity index (χ4n) is 2.79. The first-order chi connectivity index (χ1) is 10.2. The molecule has 6 nitrogen and oxygen atoms in total. The number of hydrogen-bond donors (Lipinski definition) is 3. The lowest BCUT2D eigenvalue weighted by Crippen LogP contribution is -2.46. The predicted molar refractivity (Wildman–Crippen MR) is 85.4 cm³/mol. The number of nitrogens with zero attached hydrogens (tertiary/aromatic N) is 1. The van der Waals surface area contributed by atoms with Crippen LogP contribution in [0.4, 0.5) is 0 Å². The highest BCUT2D eigenvalue weighted by molar-refractivity contribution is 5.86. The summed E-state index contributed by atoms with van der Waals surface area (Å²) in [5.74, 6) is 0.637. The van der Waals surface area contributed by atoms with Crippen molar-refractivity contribution in [1.29, 1.82) is 0 Å². The molecule has 0 heterocycles. The first kappa shape index (κ1) is 17.8. The zero-order valence-electron chi connectivity index (χ0n) is 13.6. The third-order valence-corrected chi connectivity index (χ3v) is 4.31. The van der Waals surface area contributed by atoms with Crippen molar-refractivity contribution < 1.29 is 9.53 Å². The summed E-state index contributed by atoms with van der Waals surface area (Å²) < 4.78 is 4.89. The Bertz CT molecular complexity index is 339. The molecule has 1 saturated carbocycles. The average molecular weight is 298 g/mol. The van der Waals surface area contributed by atoms with E-state index in [0.29, 0.717) is 24.5 Å². The highest BCUT2D eigenvalue weighted by Crippen LogP contribution is 2.40. The molecule has 21 heavy (non-hydrogen) atoms. The highest BCUT2D eigenvalue weighted by atomic mass is 16.5. The molecule has 0 bridgehead atoms. The lowest BCUT2D eigenvalue weighted by molar-refractivity contribution is -0.120. The van der Waals surface area contributed by atoms with Crippen molar-refractivity contribution in [2.24, 2.45) is 10.4 Å². The van der Waals surface area contributed by atoms with E-state index < -0.39 is 0 Å². The fraction of sp³-hybridized carbons (Fsp3) is 0.867. The van der Waals surface area contributed by atoms with Crippen molar-refractivity contribution >= 4 is 11.9 Å². The van der Waals surface area contributed by atoms with Crippen LogP contribution in [-0.4, -0.2) is 52.3 Å². The van der Waals surface area contributed by atoms with E-state index >= 15 is 0 Å². The summed E-state index contributed by atoms with van der Waals surface area (Å²) in [6.45, 7) is 4.46. The molecule has 0 aromatic carbocycles.